The van der Waals surface area contributed by atoms with Crippen molar-refractivity contribution in [2.45, 2.75) is 33.0 Å². The van der Waals surface area contributed by atoms with Gasteiger partial charge in [0.05, 0.1) is 7.11 Å². The van der Waals surface area contributed by atoms with Crippen molar-refractivity contribution in [1.82, 2.24) is 14.5 Å². The number of aromatic nitrogens is 2. The molecular formula is C23H25N3O4S. The van der Waals surface area contributed by atoms with Crippen molar-refractivity contribution >= 4 is 17.3 Å². The lowest BCUT2D eigenvalue weighted by molar-refractivity contribution is 0.0592. The lowest BCUT2D eigenvalue weighted by Crippen LogP contribution is -2.29. The first-order valence-electron chi connectivity index (χ1n) is 10.2. The van der Waals surface area contributed by atoms with Gasteiger partial charge in [0.15, 0.2) is 0 Å². The van der Waals surface area contributed by atoms with Crippen LogP contribution in [0, 0.1) is 6.92 Å². The highest BCUT2D eigenvalue weighted by atomic mass is 32.1. The summed E-state index contributed by atoms with van der Waals surface area (Å²) in [4.78, 5) is 34.5. The maximum absolute atomic E-state index is 12.9. The summed E-state index contributed by atoms with van der Waals surface area (Å²) in [6.45, 7) is 5.14. The van der Waals surface area contributed by atoms with Gasteiger partial charge in [-0.05, 0) is 25.1 Å². The number of thiophene rings is 1. The van der Waals surface area contributed by atoms with Gasteiger partial charge in [0.25, 0.3) is 5.56 Å². The van der Waals surface area contributed by atoms with Crippen LogP contribution in [0.25, 0.3) is 0 Å². The number of hydrogen-bond donors (Lipinski definition) is 0. The Hall–Kier alpha value is -2.97. The second-order valence-corrected chi connectivity index (χ2v) is 8.87. The van der Waals surface area contributed by atoms with E-state index in [4.69, 9.17) is 9.47 Å². The first-order valence-corrected chi connectivity index (χ1v) is 11.0. The SMILES string of the molecule is COC(=O)c1c(OCc2cccnc2)cc(=O)n2c1CCN(Cc1ccc(C)s1)CC2. The molecule has 31 heavy (non-hydrogen) atoms. The molecule has 0 aromatic carbocycles. The molecule has 0 saturated heterocycles. The normalized spacial score (nSPS) is 14.0. The van der Waals surface area contributed by atoms with Crippen molar-refractivity contribution in [2.75, 3.05) is 20.2 Å². The number of ether oxygens (including phenoxy) is 2. The fourth-order valence-corrected chi connectivity index (χ4v) is 4.76. The zero-order valence-electron chi connectivity index (χ0n) is 17.7. The zero-order chi connectivity index (χ0) is 21.8. The molecule has 0 N–H and O–H groups in total. The van der Waals surface area contributed by atoms with E-state index in [0.29, 0.717) is 24.2 Å². The minimum Gasteiger partial charge on any atom is -0.488 e. The molecule has 1 aliphatic rings. The maximum atomic E-state index is 12.9. The van der Waals surface area contributed by atoms with Crippen molar-refractivity contribution in [3.05, 3.63) is 79.7 Å². The van der Waals surface area contributed by atoms with Crippen LogP contribution in [0.2, 0.25) is 0 Å². The minimum absolute atomic E-state index is 0.169. The summed E-state index contributed by atoms with van der Waals surface area (Å²) in [5.74, 6) is -0.235. The Morgan fingerprint density at radius 2 is 2.10 bits per heavy atom. The smallest absolute Gasteiger partial charge is 0.343 e. The van der Waals surface area contributed by atoms with Gasteiger partial charge in [-0.3, -0.25) is 14.7 Å². The standard InChI is InChI=1S/C23H25N3O4S/c1-16-5-6-18(31-16)14-25-9-7-19-22(23(28)29-2)20(12-21(27)26(19)11-10-25)30-15-17-4-3-8-24-13-17/h3-6,8,12-13H,7,9-11,14-15H2,1-2H3. The van der Waals surface area contributed by atoms with Crippen LogP contribution in [0.5, 0.6) is 5.75 Å². The van der Waals surface area contributed by atoms with Crippen molar-refractivity contribution in [3.8, 4) is 5.75 Å². The third kappa shape index (κ3) is 4.86. The van der Waals surface area contributed by atoms with E-state index in [-0.39, 0.29) is 17.9 Å². The molecule has 0 aliphatic carbocycles. The number of methoxy groups -OCH3 is 1. The Balaban J connectivity index is 1.61. The molecular weight excluding hydrogens is 414 g/mol. The van der Waals surface area contributed by atoms with Gasteiger partial charge in [0, 0.05) is 72.1 Å². The van der Waals surface area contributed by atoms with Crippen molar-refractivity contribution in [2.24, 2.45) is 0 Å². The summed E-state index contributed by atoms with van der Waals surface area (Å²) in [6, 6.07) is 9.36. The minimum atomic E-state index is -0.493. The van der Waals surface area contributed by atoms with E-state index in [1.807, 2.05) is 12.1 Å². The number of pyridine rings is 2. The van der Waals surface area contributed by atoms with Gasteiger partial charge in [-0.1, -0.05) is 6.07 Å². The predicted molar refractivity (Wildman–Crippen MR) is 119 cm³/mol. The van der Waals surface area contributed by atoms with E-state index in [1.165, 1.54) is 22.9 Å². The zero-order valence-corrected chi connectivity index (χ0v) is 18.5. The van der Waals surface area contributed by atoms with E-state index in [0.717, 1.165) is 25.2 Å². The largest absolute Gasteiger partial charge is 0.488 e. The summed E-state index contributed by atoms with van der Waals surface area (Å²) < 4.78 is 12.6. The van der Waals surface area contributed by atoms with Crippen LogP contribution in [0.4, 0.5) is 0 Å². The third-order valence-corrected chi connectivity index (χ3v) is 6.35. The molecule has 4 rings (SSSR count). The fourth-order valence-electron chi connectivity index (χ4n) is 3.82. The Labute approximate surface area is 184 Å². The highest BCUT2D eigenvalue weighted by molar-refractivity contribution is 7.11. The summed E-state index contributed by atoms with van der Waals surface area (Å²) in [7, 11) is 1.34. The van der Waals surface area contributed by atoms with Gasteiger partial charge in [0.1, 0.15) is 17.9 Å². The molecule has 0 spiro atoms. The van der Waals surface area contributed by atoms with Crippen molar-refractivity contribution in [1.29, 1.82) is 0 Å². The first-order chi connectivity index (χ1) is 15.0. The summed E-state index contributed by atoms with van der Waals surface area (Å²) in [6.07, 6.45) is 3.94. The molecule has 0 saturated carbocycles. The lowest BCUT2D eigenvalue weighted by Gasteiger charge is -2.18. The monoisotopic (exact) mass is 439 g/mol. The Morgan fingerprint density at radius 3 is 2.81 bits per heavy atom. The fraction of sp³-hybridized carbons (Fsp3) is 0.348. The van der Waals surface area contributed by atoms with E-state index in [9.17, 15) is 9.59 Å². The van der Waals surface area contributed by atoms with Crippen LogP contribution >= 0.6 is 11.3 Å². The number of esters is 1. The van der Waals surface area contributed by atoms with Gasteiger partial charge < -0.3 is 14.0 Å². The van der Waals surface area contributed by atoms with Crippen LogP contribution in [-0.2, 0) is 30.9 Å². The van der Waals surface area contributed by atoms with Crippen LogP contribution in [0.3, 0.4) is 0 Å². The predicted octanol–water partition coefficient (Wildman–Crippen LogP) is 3.04. The lowest BCUT2D eigenvalue weighted by atomic mass is 10.1. The van der Waals surface area contributed by atoms with Crippen molar-refractivity contribution < 1.29 is 14.3 Å². The molecule has 0 unspecified atom stereocenters. The molecule has 4 heterocycles. The van der Waals surface area contributed by atoms with Crippen LogP contribution < -0.4 is 10.3 Å². The topological polar surface area (TPSA) is 73.7 Å². The molecule has 0 atom stereocenters. The highest BCUT2D eigenvalue weighted by Crippen LogP contribution is 2.26. The second kappa shape index (κ2) is 9.45. The molecule has 3 aromatic rings. The van der Waals surface area contributed by atoms with Gasteiger partial charge in [-0.2, -0.15) is 0 Å². The molecule has 0 bridgehead atoms. The van der Waals surface area contributed by atoms with E-state index in [2.05, 4.69) is 28.9 Å². The number of carbonyl (C=O) groups is 1. The summed E-state index contributed by atoms with van der Waals surface area (Å²) >= 11 is 1.78. The molecule has 0 fully saturated rings. The van der Waals surface area contributed by atoms with E-state index < -0.39 is 5.97 Å². The van der Waals surface area contributed by atoms with Crippen LogP contribution in [-0.4, -0.2) is 40.6 Å². The average molecular weight is 440 g/mol. The molecule has 3 aromatic heterocycles. The van der Waals surface area contributed by atoms with Gasteiger partial charge >= 0.3 is 5.97 Å². The molecule has 0 amide bonds. The first kappa shape index (κ1) is 21.3. The highest BCUT2D eigenvalue weighted by Gasteiger charge is 2.26. The van der Waals surface area contributed by atoms with E-state index >= 15 is 0 Å². The molecule has 162 valence electrons. The quantitative estimate of drug-likeness (QED) is 0.550. The Morgan fingerprint density at radius 1 is 1.23 bits per heavy atom. The van der Waals surface area contributed by atoms with Crippen LogP contribution in [0.1, 0.15) is 31.4 Å². The third-order valence-electron chi connectivity index (χ3n) is 5.37. The molecule has 7 nitrogen and oxygen atoms in total. The number of carbonyl (C=O) groups excluding carboxylic acids is 1. The molecule has 1 aliphatic heterocycles. The number of hydrogen-bond acceptors (Lipinski definition) is 7. The summed E-state index contributed by atoms with van der Waals surface area (Å²) in [5.41, 5.74) is 1.69. The molecule has 0 radical (unpaired) electrons. The second-order valence-electron chi connectivity index (χ2n) is 7.50. The Bertz CT molecular complexity index is 1120. The maximum Gasteiger partial charge on any atom is 0.343 e. The van der Waals surface area contributed by atoms with Crippen molar-refractivity contribution in [3.63, 3.8) is 0 Å². The van der Waals surface area contributed by atoms with Crippen LogP contribution in [0.15, 0.2) is 47.5 Å². The summed E-state index contributed by atoms with van der Waals surface area (Å²) in [5, 5.41) is 0. The number of aryl methyl sites for hydroxylation is 1. The van der Waals surface area contributed by atoms with Gasteiger partial charge in [-0.25, -0.2) is 4.79 Å². The number of nitrogens with zero attached hydrogens (tertiary/aromatic N) is 3. The Kier molecular flexibility index (Phi) is 6.48. The van der Waals surface area contributed by atoms with E-state index in [1.54, 1.807) is 28.3 Å². The molecule has 8 heteroatoms. The number of rotatable bonds is 6. The average Bonchev–Trinajstić information content (AvgIpc) is 3.07. The number of fused-ring (bicyclic) bond motifs is 1. The van der Waals surface area contributed by atoms with Gasteiger partial charge in [0.2, 0.25) is 0 Å². The van der Waals surface area contributed by atoms with Gasteiger partial charge in [-0.15, -0.1) is 11.3 Å².